The van der Waals surface area contributed by atoms with Crippen LogP contribution in [0.15, 0.2) is 0 Å². The number of nitrogens with two attached hydrogens (primary N) is 1. The first-order valence-corrected chi connectivity index (χ1v) is 4.03. The Kier molecular flexibility index (Phi) is 3.03. The lowest BCUT2D eigenvalue weighted by atomic mass is 9.96. The van der Waals surface area contributed by atoms with E-state index in [0.717, 1.165) is 0 Å². The highest BCUT2D eigenvalue weighted by Crippen LogP contribution is 2.20. The van der Waals surface area contributed by atoms with Gasteiger partial charge in [-0.25, -0.2) is 0 Å². The van der Waals surface area contributed by atoms with E-state index in [9.17, 15) is 10.2 Å². The number of rotatable bonds is 1. The van der Waals surface area contributed by atoms with E-state index in [1.807, 2.05) is 0 Å². The number of hydrogen-bond donors (Lipinski definition) is 4. The summed E-state index contributed by atoms with van der Waals surface area (Å²) in [6.07, 6.45) is -3.31. The van der Waals surface area contributed by atoms with Crippen LogP contribution in [0.4, 0.5) is 0 Å². The van der Waals surface area contributed by atoms with Crippen LogP contribution in [-0.4, -0.2) is 46.0 Å². The molecule has 5 N–H and O–H groups in total. The molecule has 1 aliphatic rings. The molecule has 1 rings (SSSR count). The average molecular weight is 177 g/mol. The molecule has 1 aliphatic heterocycles. The molecule has 0 aromatic heterocycles. The van der Waals surface area contributed by atoms with Crippen molar-refractivity contribution in [3.63, 3.8) is 0 Å². The van der Waals surface area contributed by atoms with E-state index >= 15 is 0 Å². The Hall–Kier alpha value is -0.200. The first-order chi connectivity index (χ1) is 5.57. The molecule has 1 fully saturated rings. The fraction of sp³-hybridized carbons (Fsp3) is 1.00. The molecule has 12 heavy (non-hydrogen) atoms. The predicted molar refractivity (Wildman–Crippen MR) is 41.2 cm³/mol. The van der Waals surface area contributed by atoms with Crippen molar-refractivity contribution in [2.24, 2.45) is 5.73 Å². The van der Waals surface area contributed by atoms with Gasteiger partial charge in [0.15, 0.2) is 6.29 Å². The van der Waals surface area contributed by atoms with Gasteiger partial charge in [-0.2, -0.15) is 0 Å². The maximum Gasteiger partial charge on any atom is 0.172 e. The third kappa shape index (κ3) is 1.60. The summed E-state index contributed by atoms with van der Waals surface area (Å²) in [5.41, 5.74) is 5.34. The van der Waals surface area contributed by atoms with Crippen LogP contribution in [0.5, 0.6) is 0 Å². The molecule has 5 atom stereocenters. The molecule has 0 aromatic rings. The van der Waals surface area contributed by atoms with E-state index in [0.29, 0.717) is 6.42 Å². The minimum atomic E-state index is -1.19. The van der Waals surface area contributed by atoms with E-state index < -0.39 is 30.6 Å². The van der Waals surface area contributed by atoms with Crippen LogP contribution < -0.4 is 5.73 Å². The average Bonchev–Trinajstić information content (AvgIpc) is 2.08. The van der Waals surface area contributed by atoms with Crippen LogP contribution in [0, 0.1) is 0 Å². The summed E-state index contributed by atoms with van der Waals surface area (Å²) in [5.74, 6) is 0. The van der Waals surface area contributed by atoms with Crippen molar-refractivity contribution >= 4 is 0 Å². The molecular formula is C7H15NO4. The summed E-state index contributed by atoms with van der Waals surface area (Å²) < 4.78 is 4.95. The van der Waals surface area contributed by atoms with Gasteiger partial charge in [-0.05, 0) is 6.42 Å². The SMILES string of the molecule is CC[C@H]1O[C@H](O)[C@@H](N)[C@@H](O)[C@H]1O. The summed E-state index contributed by atoms with van der Waals surface area (Å²) in [7, 11) is 0. The molecule has 0 bridgehead atoms. The molecule has 5 heteroatoms. The van der Waals surface area contributed by atoms with Crippen LogP contribution in [0.2, 0.25) is 0 Å². The van der Waals surface area contributed by atoms with Gasteiger partial charge in [0.05, 0.1) is 12.1 Å². The van der Waals surface area contributed by atoms with Gasteiger partial charge >= 0.3 is 0 Å². The van der Waals surface area contributed by atoms with E-state index in [-0.39, 0.29) is 0 Å². The second kappa shape index (κ2) is 3.68. The Bertz CT molecular complexity index is 150. The van der Waals surface area contributed by atoms with E-state index in [2.05, 4.69) is 0 Å². The zero-order chi connectivity index (χ0) is 9.30. The molecule has 0 aliphatic carbocycles. The standard InChI is InChI=1S/C7H15NO4/c1-2-3-5(9)6(10)4(8)7(11)12-3/h3-7,9-11H,2,8H2,1H3/t3-,4+,5+,6-,7+/m1/s1. The van der Waals surface area contributed by atoms with Crippen molar-refractivity contribution in [1.82, 2.24) is 0 Å². The van der Waals surface area contributed by atoms with Gasteiger partial charge in [-0.3, -0.25) is 0 Å². The zero-order valence-electron chi connectivity index (χ0n) is 6.92. The van der Waals surface area contributed by atoms with E-state index in [1.54, 1.807) is 6.92 Å². The van der Waals surface area contributed by atoms with Crippen molar-refractivity contribution in [3.8, 4) is 0 Å². The topological polar surface area (TPSA) is 95.9 Å². The summed E-state index contributed by atoms with van der Waals surface area (Å²) in [4.78, 5) is 0. The first kappa shape index (κ1) is 9.88. The molecular weight excluding hydrogens is 162 g/mol. The second-order valence-electron chi connectivity index (χ2n) is 3.03. The maximum atomic E-state index is 9.36. The number of ether oxygens (including phenoxy) is 1. The third-order valence-electron chi connectivity index (χ3n) is 2.17. The van der Waals surface area contributed by atoms with Crippen LogP contribution in [0.3, 0.4) is 0 Å². The number of hydrogen-bond acceptors (Lipinski definition) is 5. The van der Waals surface area contributed by atoms with Gasteiger partial charge in [-0.15, -0.1) is 0 Å². The third-order valence-corrected chi connectivity index (χ3v) is 2.17. The van der Waals surface area contributed by atoms with Crippen molar-refractivity contribution in [3.05, 3.63) is 0 Å². The molecule has 0 unspecified atom stereocenters. The van der Waals surface area contributed by atoms with Crippen LogP contribution in [0.1, 0.15) is 13.3 Å². The highest BCUT2D eigenvalue weighted by Gasteiger charge is 2.40. The van der Waals surface area contributed by atoms with Gasteiger partial charge < -0.3 is 25.8 Å². The van der Waals surface area contributed by atoms with Crippen LogP contribution in [-0.2, 0) is 4.74 Å². The Morgan fingerprint density at radius 2 is 1.83 bits per heavy atom. The molecule has 5 nitrogen and oxygen atoms in total. The van der Waals surface area contributed by atoms with Gasteiger partial charge in [-0.1, -0.05) is 6.92 Å². The van der Waals surface area contributed by atoms with Crippen molar-refractivity contribution in [1.29, 1.82) is 0 Å². The van der Waals surface area contributed by atoms with Crippen LogP contribution in [0.25, 0.3) is 0 Å². The largest absolute Gasteiger partial charge is 0.388 e. The molecule has 1 heterocycles. The van der Waals surface area contributed by atoms with Crippen molar-refractivity contribution in [2.75, 3.05) is 0 Å². The number of aliphatic hydroxyl groups excluding tert-OH is 3. The van der Waals surface area contributed by atoms with E-state index in [4.69, 9.17) is 15.6 Å². The molecule has 72 valence electrons. The highest BCUT2D eigenvalue weighted by atomic mass is 16.6. The predicted octanol–water partition coefficient (Wildman–Crippen LogP) is -1.84. The Morgan fingerprint density at radius 3 is 2.33 bits per heavy atom. The van der Waals surface area contributed by atoms with E-state index in [1.165, 1.54) is 0 Å². The molecule has 0 spiro atoms. The smallest absolute Gasteiger partial charge is 0.172 e. The Balaban J connectivity index is 2.63. The lowest BCUT2D eigenvalue weighted by Crippen LogP contribution is -2.60. The second-order valence-corrected chi connectivity index (χ2v) is 3.03. The molecule has 0 radical (unpaired) electrons. The van der Waals surface area contributed by atoms with Crippen LogP contribution >= 0.6 is 0 Å². The summed E-state index contributed by atoms with van der Waals surface area (Å²) in [6, 6.07) is -0.928. The van der Waals surface area contributed by atoms with Crippen molar-refractivity contribution < 1.29 is 20.1 Å². The summed E-state index contributed by atoms with van der Waals surface area (Å²) in [5, 5.41) is 27.8. The normalized spacial score (nSPS) is 49.2. The Labute approximate surface area is 70.8 Å². The highest BCUT2D eigenvalue weighted by molar-refractivity contribution is 4.90. The van der Waals surface area contributed by atoms with Gasteiger partial charge in [0.2, 0.25) is 0 Å². The monoisotopic (exact) mass is 177 g/mol. The fourth-order valence-corrected chi connectivity index (χ4v) is 1.30. The lowest BCUT2D eigenvalue weighted by Gasteiger charge is -2.38. The first-order valence-electron chi connectivity index (χ1n) is 4.03. The maximum absolute atomic E-state index is 9.36. The molecule has 0 aromatic carbocycles. The fourth-order valence-electron chi connectivity index (χ4n) is 1.30. The lowest BCUT2D eigenvalue weighted by molar-refractivity contribution is -0.242. The molecule has 1 saturated heterocycles. The quantitative estimate of drug-likeness (QED) is 0.377. The minimum Gasteiger partial charge on any atom is -0.388 e. The minimum absolute atomic E-state index is 0.530. The molecule has 0 amide bonds. The van der Waals surface area contributed by atoms with Crippen molar-refractivity contribution in [2.45, 2.75) is 44.0 Å². The van der Waals surface area contributed by atoms with Gasteiger partial charge in [0.25, 0.3) is 0 Å². The number of aliphatic hydroxyl groups is 3. The zero-order valence-corrected chi connectivity index (χ0v) is 6.92. The van der Waals surface area contributed by atoms with Gasteiger partial charge in [0, 0.05) is 0 Å². The van der Waals surface area contributed by atoms with Gasteiger partial charge in [0.1, 0.15) is 12.2 Å². The summed E-state index contributed by atoms with van der Waals surface area (Å²) >= 11 is 0. The molecule has 0 saturated carbocycles. The Morgan fingerprint density at radius 1 is 1.25 bits per heavy atom. The summed E-state index contributed by atoms with van der Waals surface area (Å²) in [6.45, 7) is 1.80.